The number of amides is 3. The van der Waals surface area contributed by atoms with Crippen molar-refractivity contribution in [3.63, 3.8) is 0 Å². The first kappa shape index (κ1) is 18.1. The smallest absolute Gasteiger partial charge is 0.305 e. The number of ether oxygens (including phenoxy) is 1. The summed E-state index contributed by atoms with van der Waals surface area (Å²) in [4.78, 5) is 34.5. The number of nitrogens with one attached hydrogen (secondary N) is 3. The predicted molar refractivity (Wildman–Crippen MR) is 88.4 cm³/mol. The normalized spacial score (nSPS) is 11.3. The highest BCUT2D eigenvalue weighted by atomic mass is 16.5. The molecule has 0 aliphatic heterocycles. The lowest BCUT2D eigenvalue weighted by atomic mass is 10.3. The van der Waals surface area contributed by atoms with Gasteiger partial charge in [-0.15, -0.1) is 0 Å². The Morgan fingerprint density at radius 3 is 2.48 bits per heavy atom. The predicted octanol–water partition coefficient (Wildman–Crippen LogP) is 1.14. The van der Waals surface area contributed by atoms with E-state index in [1.807, 2.05) is 30.3 Å². The molecule has 25 heavy (non-hydrogen) atoms. The van der Waals surface area contributed by atoms with E-state index in [1.165, 1.54) is 19.9 Å². The largest absolute Gasteiger partial charge is 0.486 e. The molecule has 1 atom stereocenters. The molecule has 2 rings (SSSR count). The lowest BCUT2D eigenvalue weighted by Crippen LogP contribution is -2.50. The van der Waals surface area contributed by atoms with Crippen LogP contribution in [-0.2, 0) is 16.2 Å². The van der Waals surface area contributed by atoms with Crippen LogP contribution in [0.1, 0.15) is 30.2 Å². The van der Waals surface area contributed by atoms with Gasteiger partial charge >= 0.3 is 5.91 Å². The number of para-hydroxylation sites is 1. The first-order chi connectivity index (χ1) is 12.0. The van der Waals surface area contributed by atoms with E-state index in [1.54, 1.807) is 6.07 Å². The van der Waals surface area contributed by atoms with E-state index in [0.717, 1.165) is 0 Å². The SMILES string of the molecule is CC(=O)NC(C)C(=O)NNC(=O)c1ccc(COc2ccccc2)o1. The topological polar surface area (TPSA) is 110 Å². The van der Waals surface area contributed by atoms with Gasteiger partial charge in [0.2, 0.25) is 5.91 Å². The standard InChI is InChI=1S/C17H19N3O5/c1-11(18-12(2)21)16(22)19-20-17(23)15-9-8-14(25-15)10-24-13-6-4-3-5-7-13/h3-9,11H,10H2,1-2H3,(H,18,21)(H,19,22)(H,20,23). The maximum Gasteiger partial charge on any atom is 0.305 e. The van der Waals surface area contributed by atoms with Crippen molar-refractivity contribution in [2.75, 3.05) is 0 Å². The molecule has 0 spiro atoms. The lowest BCUT2D eigenvalue weighted by Gasteiger charge is -2.12. The molecule has 1 unspecified atom stereocenters. The van der Waals surface area contributed by atoms with E-state index < -0.39 is 17.9 Å². The zero-order chi connectivity index (χ0) is 18.2. The molecule has 1 heterocycles. The molecule has 3 amide bonds. The molecule has 0 aliphatic carbocycles. The van der Waals surface area contributed by atoms with Crippen LogP contribution in [0.3, 0.4) is 0 Å². The van der Waals surface area contributed by atoms with Crippen molar-refractivity contribution in [1.29, 1.82) is 0 Å². The molecule has 0 radical (unpaired) electrons. The maximum absolute atomic E-state index is 11.9. The van der Waals surface area contributed by atoms with Gasteiger partial charge in [0.15, 0.2) is 5.76 Å². The van der Waals surface area contributed by atoms with Crippen molar-refractivity contribution in [3.05, 3.63) is 54.0 Å². The molecule has 132 valence electrons. The number of furan rings is 1. The third-order valence-corrected chi connectivity index (χ3v) is 3.12. The molecular formula is C17H19N3O5. The van der Waals surface area contributed by atoms with Crippen LogP contribution < -0.4 is 20.9 Å². The van der Waals surface area contributed by atoms with Crippen molar-refractivity contribution in [2.45, 2.75) is 26.5 Å². The maximum atomic E-state index is 11.9. The minimum absolute atomic E-state index is 0.0270. The van der Waals surface area contributed by atoms with Crippen LogP contribution in [0.4, 0.5) is 0 Å². The van der Waals surface area contributed by atoms with E-state index in [4.69, 9.17) is 9.15 Å². The third kappa shape index (κ3) is 5.69. The van der Waals surface area contributed by atoms with Crippen LogP contribution in [-0.4, -0.2) is 23.8 Å². The van der Waals surface area contributed by atoms with E-state index in [0.29, 0.717) is 11.5 Å². The highest BCUT2D eigenvalue weighted by Gasteiger charge is 2.16. The van der Waals surface area contributed by atoms with Gasteiger partial charge in [0, 0.05) is 6.92 Å². The first-order valence-corrected chi connectivity index (χ1v) is 7.59. The average molecular weight is 345 g/mol. The zero-order valence-electron chi connectivity index (χ0n) is 13.9. The molecule has 0 bridgehead atoms. The quantitative estimate of drug-likeness (QED) is 0.680. The first-order valence-electron chi connectivity index (χ1n) is 7.59. The number of hydrazine groups is 1. The van der Waals surface area contributed by atoms with Gasteiger partial charge in [-0.1, -0.05) is 18.2 Å². The van der Waals surface area contributed by atoms with Crippen LogP contribution in [0.5, 0.6) is 5.75 Å². The Kier molecular flexibility index (Phi) is 6.16. The summed E-state index contributed by atoms with van der Waals surface area (Å²) in [5, 5.41) is 2.40. The van der Waals surface area contributed by atoms with Crippen LogP contribution in [0.15, 0.2) is 46.9 Å². The second-order valence-corrected chi connectivity index (χ2v) is 5.23. The fourth-order valence-electron chi connectivity index (χ4n) is 1.91. The Hall–Kier alpha value is -3.29. The van der Waals surface area contributed by atoms with Crippen LogP contribution in [0.2, 0.25) is 0 Å². The van der Waals surface area contributed by atoms with Gasteiger partial charge in [0.05, 0.1) is 0 Å². The number of carbonyl (C=O) groups excluding carboxylic acids is 3. The number of hydrogen-bond donors (Lipinski definition) is 3. The van der Waals surface area contributed by atoms with E-state index in [-0.39, 0.29) is 18.3 Å². The summed E-state index contributed by atoms with van der Waals surface area (Å²) in [6, 6.07) is 11.5. The van der Waals surface area contributed by atoms with E-state index in [9.17, 15) is 14.4 Å². The number of hydrogen-bond acceptors (Lipinski definition) is 5. The molecule has 0 saturated carbocycles. The minimum atomic E-state index is -0.774. The number of rotatable bonds is 6. The molecule has 0 saturated heterocycles. The van der Waals surface area contributed by atoms with Crippen LogP contribution in [0, 0.1) is 0 Å². The Morgan fingerprint density at radius 1 is 1.08 bits per heavy atom. The number of benzene rings is 1. The van der Waals surface area contributed by atoms with E-state index >= 15 is 0 Å². The Bertz CT molecular complexity index is 742. The summed E-state index contributed by atoms with van der Waals surface area (Å²) in [6.45, 7) is 2.96. The molecule has 1 aromatic carbocycles. The second kappa shape index (κ2) is 8.53. The summed E-state index contributed by atoms with van der Waals surface area (Å²) in [5.41, 5.74) is 4.42. The van der Waals surface area contributed by atoms with Gasteiger partial charge < -0.3 is 14.5 Å². The Morgan fingerprint density at radius 2 is 1.80 bits per heavy atom. The highest BCUT2D eigenvalue weighted by molar-refractivity contribution is 5.94. The molecule has 2 aromatic rings. The van der Waals surface area contributed by atoms with Gasteiger partial charge in [-0.2, -0.15) is 0 Å². The molecule has 0 fully saturated rings. The summed E-state index contributed by atoms with van der Waals surface area (Å²) in [7, 11) is 0. The minimum Gasteiger partial charge on any atom is -0.486 e. The van der Waals surface area contributed by atoms with Gasteiger partial charge in [-0.25, -0.2) is 0 Å². The molecular weight excluding hydrogens is 326 g/mol. The monoisotopic (exact) mass is 345 g/mol. The molecule has 8 nitrogen and oxygen atoms in total. The Labute approximate surface area is 144 Å². The van der Waals surface area contributed by atoms with Crippen molar-refractivity contribution < 1.29 is 23.5 Å². The summed E-state index contributed by atoms with van der Waals surface area (Å²) < 4.78 is 10.9. The van der Waals surface area contributed by atoms with Crippen molar-refractivity contribution >= 4 is 17.7 Å². The molecule has 1 aromatic heterocycles. The second-order valence-electron chi connectivity index (χ2n) is 5.23. The highest BCUT2D eigenvalue weighted by Crippen LogP contribution is 2.13. The van der Waals surface area contributed by atoms with Gasteiger partial charge in [-0.05, 0) is 31.2 Å². The number of carbonyl (C=O) groups is 3. The summed E-state index contributed by atoms with van der Waals surface area (Å²) >= 11 is 0. The summed E-state index contributed by atoms with van der Waals surface area (Å²) in [5.74, 6) is -0.338. The van der Waals surface area contributed by atoms with Gasteiger partial charge in [0.25, 0.3) is 5.91 Å². The van der Waals surface area contributed by atoms with Gasteiger partial charge in [-0.3, -0.25) is 25.2 Å². The Balaban J connectivity index is 1.81. The van der Waals surface area contributed by atoms with E-state index in [2.05, 4.69) is 16.2 Å². The van der Waals surface area contributed by atoms with Crippen molar-refractivity contribution in [1.82, 2.24) is 16.2 Å². The summed E-state index contributed by atoms with van der Waals surface area (Å²) in [6.07, 6.45) is 0. The molecule has 0 aliphatic rings. The fourth-order valence-corrected chi connectivity index (χ4v) is 1.91. The fraction of sp³-hybridized carbons (Fsp3) is 0.235. The third-order valence-electron chi connectivity index (χ3n) is 3.12. The van der Waals surface area contributed by atoms with Crippen LogP contribution >= 0.6 is 0 Å². The lowest BCUT2D eigenvalue weighted by molar-refractivity contribution is -0.128. The van der Waals surface area contributed by atoms with Gasteiger partial charge in [0.1, 0.15) is 24.2 Å². The van der Waals surface area contributed by atoms with Crippen molar-refractivity contribution in [3.8, 4) is 5.75 Å². The van der Waals surface area contributed by atoms with Crippen molar-refractivity contribution in [2.24, 2.45) is 0 Å². The average Bonchev–Trinajstić information content (AvgIpc) is 3.07. The molecule has 3 N–H and O–H groups in total. The molecule has 8 heteroatoms. The van der Waals surface area contributed by atoms with Crippen LogP contribution in [0.25, 0.3) is 0 Å². The zero-order valence-corrected chi connectivity index (χ0v) is 13.9.